The monoisotopic (exact) mass is 294 g/mol. The first-order valence-corrected chi connectivity index (χ1v) is 7.65. The van der Waals surface area contributed by atoms with Crippen molar-refractivity contribution in [3.8, 4) is 5.75 Å². The van der Waals surface area contributed by atoms with Gasteiger partial charge < -0.3 is 15.9 Å². The van der Waals surface area contributed by atoms with Crippen LogP contribution >= 0.6 is 0 Å². The standard InChI is InChI=1S/C19H22N2O/c1-19(2)12-14-9-6-10-15(18(14)22-19)17(21)11-16(20)13-7-4-3-5-8-13/h3-10,17,20H,11-12,21H2,1-2H3. The molecule has 3 rings (SSSR count). The zero-order valence-electron chi connectivity index (χ0n) is 13.1. The maximum absolute atomic E-state index is 8.26. The van der Waals surface area contributed by atoms with Crippen molar-refractivity contribution in [3.05, 3.63) is 65.2 Å². The Morgan fingerprint density at radius 1 is 1.18 bits per heavy atom. The summed E-state index contributed by atoms with van der Waals surface area (Å²) < 4.78 is 6.08. The molecule has 114 valence electrons. The van der Waals surface area contributed by atoms with Crippen LogP contribution in [0.2, 0.25) is 0 Å². The third-order valence-electron chi connectivity index (χ3n) is 4.07. The molecule has 0 bridgehead atoms. The van der Waals surface area contributed by atoms with Gasteiger partial charge in [0.25, 0.3) is 0 Å². The highest BCUT2D eigenvalue weighted by Gasteiger charge is 2.32. The van der Waals surface area contributed by atoms with E-state index in [0.717, 1.165) is 23.3 Å². The molecule has 22 heavy (non-hydrogen) atoms. The van der Waals surface area contributed by atoms with Crippen LogP contribution in [0.5, 0.6) is 5.75 Å². The highest BCUT2D eigenvalue weighted by Crippen LogP contribution is 2.40. The molecule has 2 aromatic rings. The summed E-state index contributed by atoms with van der Waals surface area (Å²) in [6.07, 6.45) is 1.41. The summed E-state index contributed by atoms with van der Waals surface area (Å²) in [4.78, 5) is 0. The van der Waals surface area contributed by atoms with Gasteiger partial charge in [-0.1, -0.05) is 48.5 Å². The third kappa shape index (κ3) is 2.90. The minimum absolute atomic E-state index is 0.176. The summed E-state index contributed by atoms with van der Waals surface area (Å²) in [6, 6.07) is 15.7. The Labute approximate surface area is 131 Å². The van der Waals surface area contributed by atoms with Gasteiger partial charge in [-0.3, -0.25) is 0 Å². The Bertz CT molecular complexity index is 692. The van der Waals surface area contributed by atoms with Crippen LogP contribution in [0.3, 0.4) is 0 Å². The molecule has 3 heteroatoms. The second kappa shape index (κ2) is 5.58. The number of rotatable bonds is 4. The molecule has 0 aromatic heterocycles. The van der Waals surface area contributed by atoms with Crippen LogP contribution in [0.15, 0.2) is 48.5 Å². The van der Waals surface area contributed by atoms with E-state index in [9.17, 15) is 0 Å². The van der Waals surface area contributed by atoms with E-state index in [0.29, 0.717) is 12.1 Å². The number of hydrogen-bond donors (Lipinski definition) is 2. The van der Waals surface area contributed by atoms with Crippen LogP contribution < -0.4 is 10.5 Å². The highest BCUT2D eigenvalue weighted by molar-refractivity contribution is 5.98. The first-order chi connectivity index (χ1) is 10.5. The van der Waals surface area contributed by atoms with Gasteiger partial charge in [0.2, 0.25) is 0 Å². The van der Waals surface area contributed by atoms with Gasteiger partial charge >= 0.3 is 0 Å². The first kappa shape index (κ1) is 14.8. The lowest BCUT2D eigenvalue weighted by molar-refractivity contribution is 0.137. The summed E-state index contributed by atoms with van der Waals surface area (Å²) in [5.74, 6) is 0.917. The average molecular weight is 294 g/mol. The smallest absolute Gasteiger partial charge is 0.128 e. The Hall–Kier alpha value is -2.13. The fourth-order valence-corrected chi connectivity index (χ4v) is 3.02. The summed E-state index contributed by atoms with van der Waals surface area (Å²) in [5.41, 5.74) is 9.90. The molecule has 0 radical (unpaired) electrons. The van der Waals surface area contributed by atoms with E-state index < -0.39 is 0 Å². The zero-order valence-corrected chi connectivity index (χ0v) is 13.1. The molecule has 0 saturated carbocycles. The van der Waals surface area contributed by atoms with Crippen LogP contribution in [0.4, 0.5) is 0 Å². The topological polar surface area (TPSA) is 59.1 Å². The molecule has 2 aromatic carbocycles. The summed E-state index contributed by atoms with van der Waals surface area (Å²) >= 11 is 0. The number of nitrogens with one attached hydrogen (secondary N) is 1. The Morgan fingerprint density at radius 3 is 2.64 bits per heavy atom. The van der Waals surface area contributed by atoms with E-state index in [2.05, 4.69) is 19.9 Å². The first-order valence-electron chi connectivity index (χ1n) is 7.65. The number of hydrogen-bond acceptors (Lipinski definition) is 3. The van der Waals surface area contributed by atoms with E-state index in [1.165, 1.54) is 5.56 Å². The molecule has 1 unspecified atom stereocenters. The second-order valence-electron chi connectivity index (χ2n) is 6.53. The Balaban J connectivity index is 1.81. The van der Waals surface area contributed by atoms with Crippen molar-refractivity contribution in [2.75, 3.05) is 0 Å². The quantitative estimate of drug-likeness (QED) is 0.841. The fraction of sp³-hybridized carbons (Fsp3) is 0.316. The third-order valence-corrected chi connectivity index (χ3v) is 4.07. The van der Waals surface area contributed by atoms with Gasteiger partial charge in [-0.25, -0.2) is 0 Å². The fourth-order valence-electron chi connectivity index (χ4n) is 3.02. The maximum Gasteiger partial charge on any atom is 0.128 e. The number of benzene rings is 2. The Kier molecular flexibility index (Phi) is 3.75. The van der Waals surface area contributed by atoms with Gasteiger partial charge in [-0.15, -0.1) is 0 Å². The van der Waals surface area contributed by atoms with Crippen LogP contribution in [0.25, 0.3) is 0 Å². The van der Waals surface area contributed by atoms with Crippen molar-refractivity contribution in [1.29, 1.82) is 5.41 Å². The number of nitrogens with two attached hydrogens (primary N) is 1. The summed E-state index contributed by atoms with van der Waals surface area (Å²) in [7, 11) is 0. The summed E-state index contributed by atoms with van der Waals surface area (Å²) in [5, 5.41) is 8.26. The van der Waals surface area contributed by atoms with Gasteiger partial charge in [0.15, 0.2) is 0 Å². The zero-order chi connectivity index (χ0) is 15.7. The molecule has 0 spiro atoms. The Morgan fingerprint density at radius 2 is 1.91 bits per heavy atom. The van der Waals surface area contributed by atoms with E-state index in [1.807, 2.05) is 42.5 Å². The largest absolute Gasteiger partial charge is 0.487 e. The highest BCUT2D eigenvalue weighted by atomic mass is 16.5. The van der Waals surface area contributed by atoms with Crippen molar-refractivity contribution < 1.29 is 4.74 Å². The van der Waals surface area contributed by atoms with Gasteiger partial charge in [0.1, 0.15) is 11.4 Å². The lowest BCUT2D eigenvalue weighted by atomic mass is 9.95. The molecule has 1 aliphatic heterocycles. The van der Waals surface area contributed by atoms with Crippen molar-refractivity contribution >= 4 is 5.71 Å². The van der Waals surface area contributed by atoms with Crippen molar-refractivity contribution in [1.82, 2.24) is 0 Å². The van der Waals surface area contributed by atoms with E-state index in [4.69, 9.17) is 15.9 Å². The SMILES string of the molecule is CC1(C)Cc2cccc(C(N)CC(=N)c3ccccc3)c2O1. The van der Waals surface area contributed by atoms with Gasteiger partial charge in [0, 0.05) is 30.2 Å². The number of ether oxygens (including phenoxy) is 1. The van der Waals surface area contributed by atoms with Crippen LogP contribution in [-0.2, 0) is 6.42 Å². The molecular formula is C19H22N2O. The van der Waals surface area contributed by atoms with Crippen LogP contribution in [0, 0.1) is 5.41 Å². The predicted octanol–water partition coefficient (Wildman–Crippen LogP) is 3.86. The van der Waals surface area contributed by atoms with E-state index in [-0.39, 0.29) is 11.6 Å². The predicted molar refractivity (Wildman–Crippen MR) is 89.7 cm³/mol. The molecule has 1 atom stereocenters. The van der Waals surface area contributed by atoms with Crippen LogP contribution in [-0.4, -0.2) is 11.3 Å². The molecule has 0 aliphatic carbocycles. The molecule has 0 fully saturated rings. The van der Waals surface area contributed by atoms with Gasteiger partial charge in [-0.05, 0) is 25.0 Å². The maximum atomic E-state index is 8.26. The molecule has 0 amide bonds. The average Bonchev–Trinajstić information content (AvgIpc) is 2.81. The lowest BCUT2D eigenvalue weighted by Gasteiger charge is -2.20. The lowest BCUT2D eigenvalue weighted by Crippen LogP contribution is -2.25. The van der Waals surface area contributed by atoms with Crippen molar-refractivity contribution in [2.45, 2.75) is 38.3 Å². The minimum Gasteiger partial charge on any atom is -0.487 e. The molecule has 1 heterocycles. The minimum atomic E-state index is -0.225. The van der Waals surface area contributed by atoms with Crippen molar-refractivity contribution in [2.24, 2.45) is 5.73 Å². The number of para-hydroxylation sites is 1. The van der Waals surface area contributed by atoms with Crippen molar-refractivity contribution in [3.63, 3.8) is 0 Å². The van der Waals surface area contributed by atoms with Gasteiger partial charge in [0.05, 0.1) is 0 Å². The molecule has 3 nitrogen and oxygen atoms in total. The molecular weight excluding hydrogens is 272 g/mol. The van der Waals surface area contributed by atoms with Crippen LogP contribution in [0.1, 0.15) is 43.0 Å². The molecule has 3 N–H and O–H groups in total. The molecule has 0 saturated heterocycles. The molecule has 1 aliphatic rings. The van der Waals surface area contributed by atoms with E-state index in [1.54, 1.807) is 0 Å². The normalized spacial score (nSPS) is 16.7. The van der Waals surface area contributed by atoms with Gasteiger partial charge in [-0.2, -0.15) is 0 Å². The second-order valence-corrected chi connectivity index (χ2v) is 6.53. The summed E-state index contributed by atoms with van der Waals surface area (Å²) in [6.45, 7) is 4.18. The van der Waals surface area contributed by atoms with E-state index >= 15 is 0 Å². The number of fused-ring (bicyclic) bond motifs is 1.